The first kappa shape index (κ1) is 16.8. The Morgan fingerprint density at radius 3 is 2.46 bits per heavy atom. The molecule has 0 amide bonds. The van der Waals surface area contributed by atoms with Gasteiger partial charge in [0, 0.05) is 0 Å². The van der Waals surface area contributed by atoms with Crippen LogP contribution in [0.5, 0.6) is 0 Å². The zero-order chi connectivity index (χ0) is 18.1. The lowest BCUT2D eigenvalue weighted by Crippen LogP contribution is -2.39. The lowest BCUT2D eigenvalue weighted by atomic mass is 9.82. The van der Waals surface area contributed by atoms with Gasteiger partial charge in [0.1, 0.15) is 6.10 Å². The number of fused-ring (bicyclic) bond motifs is 3. The first-order valence-electron chi connectivity index (χ1n) is 9.08. The fourth-order valence-electron chi connectivity index (χ4n) is 3.98. The van der Waals surface area contributed by atoms with Crippen LogP contribution in [0.2, 0.25) is 0 Å². The van der Waals surface area contributed by atoms with E-state index in [1.54, 1.807) is 12.1 Å². The maximum atomic E-state index is 12.7. The number of carbonyl (C=O) groups is 1. The molecule has 3 aromatic carbocycles. The van der Waals surface area contributed by atoms with Gasteiger partial charge in [0.25, 0.3) is 0 Å². The van der Waals surface area contributed by atoms with Gasteiger partial charge >= 0.3 is 5.97 Å². The molecule has 0 unspecified atom stereocenters. The quantitative estimate of drug-likeness (QED) is 0.649. The van der Waals surface area contributed by atoms with Crippen molar-refractivity contribution in [3.05, 3.63) is 83.4 Å². The largest absolute Gasteiger partial charge is 0.452 e. The van der Waals surface area contributed by atoms with Crippen molar-refractivity contribution in [2.24, 2.45) is 0 Å². The number of esters is 1. The molecule has 0 saturated carbocycles. The monoisotopic (exact) mass is 345 g/mol. The van der Waals surface area contributed by atoms with Crippen molar-refractivity contribution in [3.63, 3.8) is 0 Å². The van der Waals surface area contributed by atoms with Crippen molar-refractivity contribution in [1.29, 1.82) is 0 Å². The Morgan fingerprint density at radius 1 is 0.962 bits per heavy atom. The van der Waals surface area contributed by atoms with Crippen molar-refractivity contribution >= 4 is 16.7 Å². The summed E-state index contributed by atoms with van der Waals surface area (Å²) < 4.78 is 6.05. The second kappa shape index (κ2) is 6.93. The van der Waals surface area contributed by atoms with E-state index in [4.69, 9.17) is 4.74 Å². The van der Waals surface area contributed by atoms with Crippen LogP contribution in [-0.4, -0.2) is 31.0 Å². The van der Waals surface area contributed by atoms with Crippen LogP contribution in [-0.2, 0) is 11.2 Å². The number of hydrogen-bond acceptors (Lipinski definition) is 3. The SMILES string of the molecule is CN(C)[C@H]1CCc2c(ccc3ccccc23)[C@H]1OC(=O)c1ccccc1. The summed E-state index contributed by atoms with van der Waals surface area (Å²) in [5, 5.41) is 2.51. The van der Waals surface area contributed by atoms with Gasteiger partial charge in [0.15, 0.2) is 0 Å². The molecule has 0 aliphatic heterocycles. The number of ether oxygens (including phenoxy) is 1. The predicted molar refractivity (Wildman–Crippen MR) is 104 cm³/mol. The normalized spacial score (nSPS) is 19.3. The summed E-state index contributed by atoms with van der Waals surface area (Å²) in [7, 11) is 4.11. The van der Waals surface area contributed by atoms with Crippen LogP contribution in [0.3, 0.4) is 0 Å². The third kappa shape index (κ3) is 2.99. The van der Waals surface area contributed by atoms with Crippen LogP contribution in [0.4, 0.5) is 0 Å². The van der Waals surface area contributed by atoms with Crippen molar-refractivity contribution in [1.82, 2.24) is 4.90 Å². The molecule has 132 valence electrons. The van der Waals surface area contributed by atoms with Crippen LogP contribution in [0.1, 0.15) is 34.0 Å². The molecule has 4 rings (SSSR count). The van der Waals surface area contributed by atoms with Gasteiger partial charge in [0.2, 0.25) is 0 Å². The molecule has 0 fully saturated rings. The summed E-state index contributed by atoms with van der Waals surface area (Å²) in [6.07, 6.45) is 1.71. The van der Waals surface area contributed by atoms with Crippen molar-refractivity contribution < 1.29 is 9.53 Å². The molecule has 3 heteroatoms. The Kier molecular flexibility index (Phi) is 4.48. The third-order valence-electron chi connectivity index (χ3n) is 5.33. The van der Waals surface area contributed by atoms with Crippen LogP contribution in [0, 0.1) is 0 Å². The fraction of sp³-hybridized carbons (Fsp3) is 0.261. The van der Waals surface area contributed by atoms with E-state index in [9.17, 15) is 4.79 Å². The van der Waals surface area contributed by atoms with Crippen LogP contribution in [0.15, 0.2) is 66.7 Å². The predicted octanol–water partition coefficient (Wildman–Crippen LogP) is 4.61. The van der Waals surface area contributed by atoms with E-state index < -0.39 is 0 Å². The third-order valence-corrected chi connectivity index (χ3v) is 5.33. The van der Waals surface area contributed by atoms with Crippen LogP contribution < -0.4 is 0 Å². The molecule has 3 aromatic rings. The average molecular weight is 345 g/mol. The van der Waals surface area contributed by atoms with E-state index in [0.29, 0.717) is 5.56 Å². The summed E-state index contributed by atoms with van der Waals surface area (Å²) in [6, 6.07) is 22.1. The minimum Gasteiger partial charge on any atom is -0.452 e. The van der Waals surface area contributed by atoms with Gasteiger partial charge in [-0.3, -0.25) is 0 Å². The van der Waals surface area contributed by atoms with Gasteiger partial charge in [-0.2, -0.15) is 0 Å². The second-order valence-electron chi connectivity index (χ2n) is 7.12. The first-order valence-corrected chi connectivity index (χ1v) is 9.08. The molecular weight excluding hydrogens is 322 g/mol. The van der Waals surface area contributed by atoms with E-state index in [0.717, 1.165) is 18.4 Å². The summed E-state index contributed by atoms with van der Waals surface area (Å²) in [5.74, 6) is -0.261. The smallest absolute Gasteiger partial charge is 0.338 e. The minimum absolute atomic E-state index is 0.177. The number of rotatable bonds is 3. The Bertz CT molecular complexity index is 933. The number of aryl methyl sites for hydroxylation is 1. The lowest BCUT2D eigenvalue weighted by Gasteiger charge is -2.37. The molecule has 0 aromatic heterocycles. The highest BCUT2D eigenvalue weighted by Gasteiger charge is 2.34. The highest BCUT2D eigenvalue weighted by Crippen LogP contribution is 2.38. The standard InChI is InChI=1S/C23H23NO2/c1-24(2)21-15-14-19-18-11-7-6-8-16(18)12-13-20(19)22(21)26-23(25)17-9-4-3-5-10-17/h3-13,21-22H,14-15H2,1-2H3/t21-,22+/m0/s1. The van der Waals surface area contributed by atoms with Gasteiger partial charge in [-0.1, -0.05) is 54.6 Å². The molecule has 0 N–H and O–H groups in total. The van der Waals surface area contributed by atoms with Crippen molar-refractivity contribution in [3.8, 4) is 0 Å². The molecule has 1 aliphatic rings. The molecule has 0 radical (unpaired) electrons. The van der Waals surface area contributed by atoms with Crippen molar-refractivity contribution in [2.75, 3.05) is 14.1 Å². The Balaban J connectivity index is 1.75. The molecule has 26 heavy (non-hydrogen) atoms. The highest BCUT2D eigenvalue weighted by atomic mass is 16.5. The molecule has 0 spiro atoms. The van der Waals surface area contributed by atoms with E-state index in [2.05, 4.69) is 55.4 Å². The Morgan fingerprint density at radius 2 is 1.69 bits per heavy atom. The summed E-state index contributed by atoms with van der Waals surface area (Å²) in [5.41, 5.74) is 3.04. The summed E-state index contributed by atoms with van der Waals surface area (Å²) in [4.78, 5) is 14.9. The molecule has 0 saturated heterocycles. The summed E-state index contributed by atoms with van der Waals surface area (Å²) in [6.45, 7) is 0. The molecule has 0 heterocycles. The van der Waals surface area contributed by atoms with E-state index in [1.807, 2.05) is 18.2 Å². The zero-order valence-corrected chi connectivity index (χ0v) is 15.2. The Labute approximate surface area is 154 Å². The number of carbonyl (C=O) groups excluding carboxylic acids is 1. The zero-order valence-electron chi connectivity index (χ0n) is 15.2. The highest BCUT2D eigenvalue weighted by molar-refractivity contribution is 5.90. The van der Waals surface area contributed by atoms with Gasteiger partial charge in [-0.25, -0.2) is 4.79 Å². The number of nitrogens with zero attached hydrogens (tertiary/aromatic N) is 1. The molecule has 1 aliphatic carbocycles. The van der Waals surface area contributed by atoms with E-state index >= 15 is 0 Å². The number of benzene rings is 3. The van der Waals surface area contributed by atoms with E-state index in [1.165, 1.54) is 16.3 Å². The molecule has 2 atom stereocenters. The maximum absolute atomic E-state index is 12.7. The first-order chi connectivity index (χ1) is 12.6. The topological polar surface area (TPSA) is 29.5 Å². The van der Waals surface area contributed by atoms with Gasteiger partial charge in [-0.05, 0) is 61.0 Å². The van der Waals surface area contributed by atoms with Crippen LogP contribution in [0.25, 0.3) is 10.8 Å². The minimum atomic E-state index is -0.261. The van der Waals surface area contributed by atoms with Gasteiger partial charge in [0.05, 0.1) is 11.6 Å². The average Bonchev–Trinajstić information content (AvgIpc) is 2.68. The molecule has 3 nitrogen and oxygen atoms in total. The van der Waals surface area contributed by atoms with Gasteiger partial charge in [-0.15, -0.1) is 0 Å². The summed E-state index contributed by atoms with van der Waals surface area (Å²) >= 11 is 0. The Hall–Kier alpha value is -2.65. The molecular formula is C23H23NO2. The molecule has 0 bridgehead atoms. The lowest BCUT2D eigenvalue weighted by molar-refractivity contribution is 0.000742. The van der Waals surface area contributed by atoms with Gasteiger partial charge < -0.3 is 9.64 Å². The second-order valence-corrected chi connectivity index (χ2v) is 7.12. The van der Waals surface area contributed by atoms with E-state index in [-0.39, 0.29) is 18.1 Å². The van der Waals surface area contributed by atoms with Crippen molar-refractivity contribution in [2.45, 2.75) is 25.0 Å². The van der Waals surface area contributed by atoms with Crippen LogP contribution >= 0.6 is 0 Å². The fourth-order valence-corrected chi connectivity index (χ4v) is 3.98. The number of likely N-dealkylation sites (N-methyl/N-ethyl adjacent to an activating group) is 1. The maximum Gasteiger partial charge on any atom is 0.338 e. The number of hydrogen-bond donors (Lipinski definition) is 0.